The Hall–Kier alpha value is -1.30. The normalized spacial score (nSPS) is 14.5. The number of rotatable bonds is 5. The van der Waals surface area contributed by atoms with Crippen LogP contribution in [0.2, 0.25) is 0 Å². The Morgan fingerprint density at radius 3 is 2.62 bits per heavy atom. The molecule has 0 fully saturated rings. The van der Waals surface area contributed by atoms with Crippen LogP contribution in [-0.4, -0.2) is 34.3 Å². The van der Waals surface area contributed by atoms with Gasteiger partial charge in [-0.3, -0.25) is 4.79 Å². The quantitative estimate of drug-likeness (QED) is 0.638. The molecule has 0 bridgehead atoms. The molecule has 0 saturated carbocycles. The molecule has 3 N–H and O–H groups in total. The van der Waals surface area contributed by atoms with Crippen molar-refractivity contribution in [2.45, 2.75) is 18.6 Å². The van der Waals surface area contributed by atoms with Gasteiger partial charge in [-0.15, -0.1) is 0 Å². The molecule has 0 heterocycles. The van der Waals surface area contributed by atoms with Gasteiger partial charge < -0.3 is 15.3 Å². The van der Waals surface area contributed by atoms with E-state index in [1.807, 2.05) is 0 Å². The molecule has 2 atom stereocenters. The number of aliphatic hydroxyl groups is 3. The Balaban J connectivity index is 3.00. The van der Waals surface area contributed by atoms with Gasteiger partial charge in [-0.25, -0.2) is 4.39 Å². The van der Waals surface area contributed by atoms with Gasteiger partial charge in [0.25, 0.3) is 0 Å². The van der Waals surface area contributed by atoms with Crippen LogP contribution >= 0.6 is 0 Å². The number of carbonyl (C=O) groups excluding carboxylic acids is 1. The Bertz CT molecular complexity index is 367. The highest BCUT2D eigenvalue weighted by Crippen LogP contribution is 2.22. The maximum atomic E-state index is 12.9. The van der Waals surface area contributed by atoms with Crippen LogP contribution in [0.15, 0.2) is 18.2 Å². The Morgan fingerprint density at radius 1 is 1.38 bits per heavy atom. The van der Waals surface area contributed by atoms with E-state index in [4.69, 9.17) is 5.11 Å². The van der Waals surface area contributed by atoms with Gasteiger partial charge in [0.05, 0.1) is 6.10 Å². The number of halogens is 1. The van der Waals surface area contributed by atoms with Crippen LogP contribution in [0.1, 0.15) is 28.4 Å². The van der Waals surface area contributed by atoms with E-state index in [9.17, 15) is 19.4 Å². The molecule has 5 heteroatoms. The molecule has 4 nitrogen and oxygen atoms in total. The molecule has 0 spiro atoms. The van der Waals surface area contributed by atoms with Gasteiger partial charge in [-0.05, 0) is 30.2 Å². The second-order valence-corrected chi connectivity index (χ2v) is 3.42. The molecule has 88 valence electrons. The summed E-state index contributed by atoms with van der Waals surface area (Å²) >= 11 is 0. The third-order valence-electron chi connectivity index (χ3n) is 2.28. The predicted octanol–water partition coefficient (Wildman–Crippen LogP) is 0.415. The highest BCUT2D eigenvalue weighted by molar-refractivity contribution is 5.77. The SMILES string of the molecule is O=Cc1ccc(F)cc1C(O)C(O)CCO. The summed E-state index contributed by atoms with van der Waals surface area (Å²) in [4.78, 5) is 10.7. The van der Waals surface area contributed by atoms with E-state index < -0.39 is 18.0 Å². The molecule has 0 aliphatic heterocycles. The van der Waals surface area contributed by atoms with Crippen molar-refractivity contribution in [3.8, 4) is 0 Å². The second-order valence-electron chi connectivity index (χ2n) is 3.42. The number of aldehydes is 1. The average molecular weight is 228 g/mol. The topological polar surface area (TPSA) is 77.8 Å². The summed E-state index contributed by atoms with van der Waals surface area (Å²) in [7, 11) is 0. The summed E-state index contributed by atoms with van der Waals surface area (Å²) in [6, 6.07) is 3.32. The van der Waals surface area contributed by atoms with Gasteiger partial charge in [0.2, 0.25) is 0 Å². The van der Waals surface area contributed by atoms with E-state index in [0.29, 0.717) is 6.29 Å². The fourth-order valence-corrected chi connectivity index (χ4v) is 1.41. The number of hydrogen-bond donors (Lipinski definition) is 3. The van der Waals surface area contributed by atoms with E-state index in [1.54, 1.807) is 0 Å². The lowest BCUT2D eigenvalue weighted by molar-refractivity contribution is 0.00382. The first kappa shape index (κ1) is 12.8. The van der Waals surface area contributed by atoms with Gasteiger partial charge in [0, 0.05) is 12.2 Å². The lowest BCUT2D eigenvalue weighted by Gasteiger charge is -2.18. The Morgan fingerprint density at radius 2 is 2.06 bits per heavy atom. The average Bonchev–Trinajstić information content (AvgIpc) is 2.28. The monoisotopic (exact) mass is 228 g/mol. The molecule has 1 aromatic carbocycles. The zero-order valence-corrected chi connectivity index (χ0v) is 8.51. The van der Waals surface area contributed by atoms with Gasteiger partial charge >= 0.3 is 0 Å². The summed E-state index contributed by atoms with van der Waals surface area (Å²) in [6.45, 7) is -0.302. The molecule has 16 heavy (non-hydrogen) atoms. The first-order valence-electron chi connectivity index (χ1n) is 4.81. The zero-order chi connectivity index (χ0) is 12.1. The lowest BCUT2D eigenvalue weighted by atomic mass is 9.98. The van der Waals surface area contributed by atoms with Crippen LogP contribution in [-0.2, 0) is 0 Å². The van der Waals surface area contributed by atoms with Gasteiger partial charge in [0.15, 0.2) is 0 Å². The zero-order valence-electron chi connectivity index (χ0n) is 8.51. The fourth-order valence-electron chi connectivity index (χ4n) is 1.41. The third kappa shape index (κ3) is 2.85. The largest absolute Gasteiger partial charge is 0.396 e. The summed E-state index contributed by atoms with van der Waals surface area (Å²) in [6.07, 6.45) is -2.19. The number of benzene rings is 1. The number of hydrogen-bond acceptors (Lipinski definition) is 4. The van der Waals surface area contributed by atoms with Crippen molar-refractivity contribution in [3.63, 3.8) is 0 Å². The summed E-state index contributed by atoms with van der Waals surface area (Å²) < 4.78 is 12.9. The van der Waals surface area contributed by atoms with E-state index in [2.05, 4.69) is 0 Å². The standard InChI is InChI=1S/C11H13FO4/c12-8-2-1-7(6-14)9(5-8)11(16)10(15)3-4-13/h1-2,5-6,10-11,13,15-16H,3-4H2. The first-order chi connectivity index (χ1) is 7.60. The van der Waals surface area contributed by atoms with Crippen LogP contribution in [0, 0.1) is 5.82 Å². The molecule has 1 rings (SSSR count). The second kappa shape index (κ2) is 5.69. The Kier molecular flexibility index (Phi) is 4.54. The van der Waals surface area contributed by atoms with Crippen LogP contribution in [0.3, 0.4) is 0 Å². The number of aliphatic hydroxyl groups excluding tert-OH is 3. The minimum Gasteiger partial charge on any atom is -0.396 e. The maximum absolute atomic E-state index is 12.9. The van der Waals surface area contributed by atoms with E-state index in [0.717, 1.165) is 12.1 Å². The molecule has 0 aliphatic carbocycles. The van der Waals surface area contributed by atoms with E-state index in [-0.39, 0.29) is 24.2 Å². The summed E-state index contributed by atoms with van der Waals surface area (Å²) in [5.41, 5.74) is 0.141. The molecular formula is C11H13FO4. The molecule has 0 saturated heterocycles. The van der Waals surface area contributed by atoms with Crippen LogP contribution < -0.4 is 0 Å². The van der Waals surface area contributed by atoms with Crippen LogP contribution in [0.5, 0.6) is 0 Å². The minimum absolute atomic E-state index is 0.0240. The predicted molar refractivity (Wildman–Crippen MR) is 54.5 cm³/mol. The van der Waals surface area contributed by atoms with Crippen molar-refractivity contribution in [1.82, 2.24) is 0 Å². The summed E-state index contributed by atoms with van der Waals surface area (Å²) in [5.74, 6) is -0.601. The van der Waals surface area contributed by atoms with E-state index >= 15 is 0 Å². The molecule has 0 aliphatic rings. The smallest absolute Gasteiger partial charge is 0.150 e. The van der Waals surface area contributed by atoms with Crippen LogP contribution in [0.25, 0.3) is 0 Å². The first-order valence-corrected chi connectivity index (χ1v) is 4.81. The van der Waals surface area contributed by atoms with Crippen molar-refractivity contribution in [2.24, 2.45) is 0 Å². The molecule has 2 unspecified atom stereocenters. The maximum Gasteiger partial charge on any atom is 0.150 e. The summed E-state index contributed by atoms with van der Waals surface area (Å²) in [5, 5.41) is 27.7. The van der Waals surface area contributed by atoms with Gasteiger partial charge in [-0.2, -0.15) is 0 Å². The lowest BCUT2D eigenvalue weighted by Crippen LogP contribution is -2.20. The van der Waals surface area contributed by atoms with Gasteiger partial charge in [0.1, 0.15) is 18.2 Å². The molecule has 0 radical (unpaired) electrons. The van der Waals surface area contributed by atoms with E-state index in [1.165, 1.54) is 6.07 Å². The molecule has 1 aromatic rings. The van der Waals surface area contributed by atoms with Crippen molar-refractivity contribution in [1.29, 1.82) is 0 Å². The number of carbonyl (C=O) groups is 1. The Labute approximate surface area is 92.0 Å². The minimum atomic E-state index is -1.39. The highest BCUT2D eigenvalue weighted by Gasteiger charge is 2.21. The van der Waals surface area contributed by atoms with Crippen LogP contribution in [0.4, 0.5) is 4.39 Å². The van der Waals surface area contributed by atoms with Crippen molar-refractivity contribution < 1.29 is 24.5 Å². The fraction of sp³-hybridized carbons (Fsp3) is 0.364. The molecule has 0 aromatic heterocycles. The molecular weight excluding hydrogens is 215 g/mol. The van der Waals surface area contributed by atoms with Crippen molar-refractivity contribution in [2.75, 3.05) is 6.61 Å². The van der Waals surface area contributed by atoms with Crippen molar-refractivity contribution in [3.05, 3.63) is 35.1 Å². The van der Waals surface area contributed by atoms with Crippen molar-refractivity contribution >= 4 is 6.29 Å². The third-order valence-corrected chi connectivity index (χ3v) is 2.28. The van der Waals surface area contributed by atoms with Gasteiger partial charge in [-0.1, -0.05) is 0 Å². The molecule has 0 amide bonds. The highest BCUT2D eigenvalue weighted by atomic mass is 19.1.